The minimum atomic E-state index is -1.05. The molecule has 1 amide bonds. The van der Waals surface area contributed by atoms with Crippen LogP contribution in [0.5, 0.6) is 0 Å². The standard InChI is InChI=1S/C27H31NO5/c1-17(2)18-11-13-27(14-12-18)28(24(16-33-27)25(29)30)26(31)32-15-23-21-9-5-3-7-19(21)20-8-4-6-10-22(20)23/h3-10,17-18,23-24H,11-16H2,1-2H3,(H,29,30). The Labute approximate surface area is 194 Å². The van der Waals surface area contributed by atoms with Gasteiger partial charge in [0.2, 0.25) is 0 Å². The normalized spacial score (nSPS) is 26.5. The molecule has 0 aromatic heterocycles. The summed E-state index contributed by atoms with van der Waals surface area (Å²) in [7, 11) is 0. The van der Waals surface area contributed by atoms with Gasteiger partial charge in [-0.05, 0) is 59.8 Å². The highest BCUT2D eigenvalue weighted by atomic mass is 16.6. The summed E-state index contributed by atoms with van der Waals surface area (Å²) in [6.45, 7) is 4.59. The minimum Gasteiger partial charge on any atom is -0.480 e. The van der Waals surface area contributed by atoms with Crippen LogP contribution >= 0.6 is 0 Å². The molecular formula is C27H31NO5. The molecule has 1 N–H and O–H groups in total. The molecule has 0 radical (unpaired) electrons. The molecule has 1 aliphatic heterocycles. The van der Waals surface area contributed by atoms with E-state index in [1.54, 1.807) is 0 Å². The van der Waals surface area contributed by atoms with Crippen LogP contribution in [-0.4, -0.2) is 47.0 Å². The maximum absolute atomic E-state index is 13.4. The van der Waals surface area contributed by atoms with Crippen LogP contribution < -0.4 is 0 Å². The fourth-order valence-electron chi connectivity index (χ4n) is 5.94. The van der Waals surface area contributed by atoms with Gasteiger partial charge in [0.15, 0.2) is 6.04 Å². The molecule has 5 rings (SSSR count). The fourth-order valence-corrected chi connectivity index (χ4v) is 5.94. The Balaban J connectivity index is 1.36. The first-order valence-electron chi connectivity index (χ1n) is 11.9. The minimum absolute atomic E-state index is 0.00583. The van der Waals surface area contributed by atoms with Crippen LogP contribution in [-0.2, 0) is 14.3 Å². The summed E-state index contributed by atoms with van der Waals surface area (Å²) in [5, 5.41) is 9.80. The molecule has 174 valence electrons. The van der Waals surface area contributed by atoms with E-state index in [9.17, 15) is 14.7 Å². The molecule has 1 unspecified atom stereocenters. The third kappa shape index (κ3) is 3.70. The number of carboxylic acids is 1. The van der Waals surface area contributed by atoms with E-state index in [0.717, 1.165) is 35.1 Å². The highest BCUT2D eigenvalue weighted by Gasteiger charge is 2.55. The first-order valence-corrected chi connectivity index (χ1v) is 11.9. The molecular weight excluding hydrogens is 418 g/mol. The van der Waals surface area contributed by atoms with E-state index in [1.807, 2.05) is 24.3 Å². The maximum Gasteiger partial charge on any atom is 0.412 e. The second kappa shape index (κ2) is 8.49. The van der Waals surface area contributed by atoms with Crippen LogP contribution in [0.4, 0.5) is 4.79 Å². The average molecular weight is 450 g/mol. The molecule has 1 atom stereocenters. The van der Waals surface area contributed by atoms with Gasteiger partial charge in [-0.2, -0.15) is 0 Å². The zero-order valence-corrected chi connectivity index (χ0v) is 19.2. The lowest BCUT2D eigenvalue weighted by Gasteiger charge is -2.43. The fraction of sp³-hybridized carbons (Fsp3) is 0.481. The predicted octanol–water partition coefficient (Wildman–Crippen LogP) is 5.26. The zero-order chi connectivity index (χ0) is 23.2. The van der Waals surface area contributed by atoms with Gasteiger partial charge >= 0.3 is 12.1 Å². The van der Waals surface area contributed by atoms with Crippen molar-refractivity contribution in [2.75, 3.05) is 13.2 Å². The van der Waals surface area contributed by atoms with E-state index in [-0.39, 0.29) is 19.1 Å². The van der Waals surface area contributed by atoms with E-state index >= 15 is 0 Å². The number of aliphatic carboxylic acids is 1. The topological polar surface area (TPSA) is 76.1 Å². The van der Waals surface area contributed by atoms with E-state index in [1.165, 1.54) is 4.90 Å². The van der Waals surface area contributed by atoms with E-state index in [4.69, 9.17) is 9.47 Å². The molecule has 33 heavy (non-hydrogen) atoms. The number of amides is 1. The molecule has 2 aromatic rings. The van der Waals surface area contributed by atoms with Gasteiger partial charge in [0.25, 0.3) is 0 Å². The van der Waals surface area contributed by atoms with Crippen molar-refractivity contribution >= 4 is 12.1 Å². The summed E-state index contributed by atoms with van der Waals surface area (Å²) in [5.41, 5.74) is 3.70. The number of ether oxygens (including phenoxy) is 2. The van der Waals surface area contributed by atoms with Crippen molar-refractivity contribution in [2.24, 2.45) is 11.8 Å². The van der Waals surface area contributed by atoms with Crippen molar-refractivity contribution in [3.63, 3.8) is 0 Å². The quantitative estimate of drug-likeness (QED) is 0.689. The Morgan fingerprint density at radius 2 is 1.64 bits per heavy atom. The molecule has 6 nitrogen and oxygen atoms in total. The molecule has 2 fully saturated rings. The van der Waals surface area contributed by atoms with Crippen molar-refractivity contribution < 1.29 is 24.2 Å². The summed E-state index contributed by atoms with van der Waals surface area (Å²) < 4.78 is 11.9. The summed E-state index contributed by atoms with van der Waals surface area (Å²) in [5.74, 6) is 0.00142. The summed E-state index contributed by atoms with van der Waals surface area (Å²) in [6.07, 6.45) is 2.52. The summed E-state index contributed by atoms with van der Waals surface area (Å²) in [4.78, 5) is 26.8. The van der Waals surface area contributed by atoms with E-state index < -0.39 is 23.8 Å². The smallest absolute Gasteiger partial charge is 0.412 e. The van der Waals surface area contributed by atoms with Gasteiger partial charge in [0.05, 0.1) is 6.61 Å². The number of benzene rings is 2. The van der Waals surface area contributed by atoms with Crippen LogP contribution in [0.15, 0.2) is 48.5 Å². The second-order valence-electron chi connectivity index (χ2n) is 9.87. The van der Waals surface area contributed by atoms with Crippen molar-refractivity contribution in [3.8, 4) is 11.1 Å². The molecule has 1 saturated heterocycles. The third-order valence-corrected chi connectivity index (χ3v) is 7.83. The Morgan fingerprint density at radius 3 is 2.18 bits per heavy atom. The van der Waals surface area contributed by atoms with E-state index in [2.05, 4.69) is 38.1 Å². The van der Waals surface area contributed by atoms with Crippen LogP contribution in [0.25, 0.3) is 11.1 Å². The SMILES string of the molecule is CC(C)C1CCC2(CC1)OCC(C(=O)O)N2C(=O)OCC1c2ccccc2-c2ccccc21. The number of rotatable bonds is 4. The Morgan fingerprint density at radius 1 is 1.06 bits per heavy atom. The van der Waals surface area contributed by atoms with Gasteiger partial charge < -0.3 is 14.6 Å². The van der Waals surface area contributed by atoms with Crippen LogP contribution in [0.1, 0.15) is 56.6 Å². The largest absolute Gasteiger partial charge is 0.480 e. The molecule has 1 saturated carbocycles. The van der Waals surface area contributed by atoms with Gasteiger partial charge in [-0.3, -0.25) is 4.90 Å². The van der Waals surface area contributed by atoms with Crippen LogP contribution in [0.2, 0.25) is 0 Å². The van der Waals surface area contributed by atoms with Gasteiger partial charge in [-0.25, -0.2) is 9.59 Å². The van der Waals surface area contributed by atoms with Crippen molar-refractivity contribution in [3.05, 3.63) is 59.7 Å². The van der Waals surface area contributed by atoms with Crippen LogP contribution in [0, 0.1) is 11.8 Å². The molecule has 2 aromatic carbocycles. The highest BCUT2D eigenvalue weighted by molar-refractivity contribution is 5.82. The summed E-state index contributed by atoms with van der Waals surface area (Å²) in [6, 6.07) is 15.3. The van der Waals surface area contributed by atoms with Crippen molar-refractivity contribution in [2.45, 2.75) is 57.2 Å². The van der Waals surface area contributed by atoms with Crippen molar-refractivity contribution in [1.82, 2.24) is 4.90 Å². The van der Waals surface area contributed by atoms with E-state index in [0.29, 0.717) is 24.7 Å². The van der Waals surface area contributed by atoms with Gasteiger partial charge in [0, 0.05) is 5.92 Å². The molecule has 0 bridgehead atoms. The number of hydrogen-bond donors (Lipinski definition) is 1. The maximum atomic E-state index is 13.4. The Kier molecular flexibility index (Phi) is 5.65. The molecule has 1 spiro atoms. The first kappa shape index (κ1) is 22.0. The number of nitrogens with zero attached hydrogens (tertiary/aromatic N) is 1. The van der Waals surface area contributed by atoms with Gasteiger partial charge in [-0.1, -0.05) is 62.4 Å². The highest BCUT2D eigenvalue weighted by Crippen LogP contribution is 2.46. The first-order chi connectivity index (χ1) is 15.9. The number of carboxylic acid groups (broad SMARTS) is 1. The Bertz CT molecular complexity index is 1010. The van der Waals surface area contributed by atoms with Gasteiger partial charge in [0.1, 0.15) is 12.3 Å². The summed E-state index contributed by atoms with van der Waals surface area (Å²) >= 11 is 0. The van der Waals surface area contributed by atoms with Crippen LogP contribution in [0.3, 0.4) is 0 Å². The third-order valence-electron chi connectivity index (χ3n) is 7.83. The number of fused-ring (bicyclic) bond motifs is 3. The molecule has 6 heteroatoms. The second-order valence-corrected chi connectivity index (χ2v) is 9.87. The average Bonchev–Trinajstić information content (AvgIpc) is 3.34. The lowest BCUT2D eigenvalue weighted by Crippen LogP contribution is -2.55. The molecule has 2 aliphatic carbocycles. The monoisotopic (exact) mass is 449 g/mol. The zero-order valence-electron chi connectivity index (χ0n) is 19.2. The molecule has 3 aliphatic rings. The predicted molar refractivity (Wildman–Crippen MR) is 124 cm³/mol. The van der Waals surface area contributed by atoms with Gasteiger partial charge in [-0.15, -0.1) is 0 Å². The lowest BCUT2D eigenvalue weighted by molar-refractivity contribution is -0.145. The number of carbonyl (C=O) groups excluding carboxylic acids is 1. The number of hydrogen-bond acceptors (Lipinski definition) is 4. The lowest BCUT2D eigenvalue weighted by atomic mass is 9.77. The van der Waals surface area contributed by atoms with Crippen molar-refractivity contribution in [1.29, 1.82) is 0 Å². The number of carbonyl (C=O) groups is 2. The molecule has 1 heterocycles. The Hall–Kier alpha value is -2.86.